The van der Waals surface area contributed by atoms with Gasteiger partial charge in [0.05, 0.1) is 11.4 Å². The lowest BCUT2D eigenvalue weighted by Gasteiger charge is -2.32. The molecule has 0 N–H and O–H groups in total. The van der Waals surface area contributed by atoms with E-state index in [9.17, 15) is 18.0 Å². The SMILES string of the molecule is CC(=O)c1cccc(S(=O)(=O)N2CCC(C(=O)N(C)Cc3cccs3)CC2)c1. The maximum Gasteiger partial charge on any atom is 0.243 e. The summed E-state index contributed by atoms with van der Waals surface area (Å²) < 4.78 is 27.2. The number of carbonyl (C=O) groups is 2. The number of Topliss-reactive ketones (excluding diaryl/α,β-unsaturated/α-hetero) is 1. The van der Waals surface area contributed by atoms with Crippen LogP contribution in [0.25, 0.3) is 0 Å². The zero-order chi connectivity index (χ0) is 20.3. The van der Waals surface area contributed by atoms with Gasteiger partial charge in [0.2, 0.25) is 15.9 Å². The molecule has 150 valence electrons. The van der Waals surface area contributed by atoms with Crippen molar-refractivity contribution in [3.63, 3.8) is 0 Å². The molecule has 2 heterocycles. The summed E-state index contributed by atoms with van der Waals surface area (Å²) in [7, 11) is -1.88. The summed E-state index contributed by atoms with van der Waals surface area (Å²) in [6, 6.07) is 10.1. The van der Waals surface area contributed by atoms with Gasteiger partial charge in [0.1, 0.15) is 0 Å². The van der Waals surface area contributed by atoms with E-state index in [1.807, 2.05) is 17.5 Å². The molecule has 1 aliphatic rings. The molecule has 0 unspecified atom stereocenters. The van der Waals surface area contributed by atoms with Gasteiger partial charge in [-0.05, 0) is 43.3 Å². The highest BCUT2D eigenvalue weighted by Gasteiger charge is 2.33. The molecule has 0 aliphatic carbocycles. The van der Waals surface area contributed by atoms with Gasteiger partial charge >= 0.3 is 0 Å². The standard InChI is InChI=1S/C20H24N2O4S2/c1-15(23)17-5-3-7-19(13-17)28(25,26)22-10-8-16(9-11-22)20(24)21(2)14-18-6-4-12-27-18/h3-7,12-13,16H,8-11,14H2,1-2H3. The second-order valence-corrected chi connectivity index (χ2v) is 10.0. The molecule has 6 nitrogen and oxygen atoms in total. The minimum Gasteiger partial charge on any atom is -0.340 e. The molecule has 0 saturated carbocycles. The van der Waals surface area contributed by atoms with Crippen LogP contribution in [-0.4, -0.2) is 49.5 Å². The van der Waals surface area contributed by atoms with Crippen LogP contribution in [0.3, 0.4) is 0 Å². The minimum atomic E-state index is -3.67. The van der Waals surface area contributed by atoms with Crippen LogP contribution < -0.4 is 0 Å². The van der Waals surface area contributed by atoms with Gasteiger partial charge in [0.25, 0.3) is 0 Å². The number of nitrogens with zero attached hydrogens (tertiary/aromatic N) is 2. The first kappa shape index (κ1) is 20.7. The van der Waals surface area contributed by atoms with Crippen LogP contribution in [0.2, 0.25) is 0 Å². The Hall–Kier alpha value is -2.03. The molecular formula is C20H24N2O4S2. The highest BCUT2D eigenvalue weighted by Crippen LogP contribution is 2.26. The molecule has 1 saturated heterocycles. The van der Waals surface area contributed by atoms with E-state index in [1.54, 1.807) is 35.4 Å². The number of hydrogen-bond donors (Lipinski definition) is 0. The summed E-state index contributed by atoms with van der Waals surface area (Å²) in [6.07, 6.45) is 0.998. The zero-order valence-corrected chi connectivity index (χ0v) is 17.6. The smallest absolute Gasteiger partial charge is 0.243 e. The third-order valence-corrected chi connectivity index (χ3v) is 7.79. The van der Waals surface area contributed by atoms with Crippen LogP contribution in [0.15, 0.2) is 46.7 Å². The molecule has 1 aliphatic heterocycles. The van der Waals surface area contributed by atoms with Crippen molar-refractivity contribution in [2.24, 2.45) is 5.92 Å². The maximum atomic E-state index is 12.9. The van der Waals surface area contributed by atoms with Gasteiger partial charge in [0.15, 0.2) is 5.78 Å². The molecule has 1 fully saturated rings. The average Bonchev–Trinajstić information content (AvgIpc) is 3.20. The summed E-state index contributed by atoms with van der Waals surface area (Å²) in [5.41, 5.74) is 0.376. The Balaban J connectivity index is 1.63. The van der Waals surface area contributed by atoms with Crippen LogP contribution in [0.5, 0.6) is 0 Å². The third-order valence-electron chi connectivity index (χ3n) is 5.03. The van der Waals surface area contributed by atoms with Crippen molar-refractivity contribution >= 4 is 33.1 Å². The number of ketones is 1. The number of rotatable bonds is 6. The van der Waals surface area contributed by atoms with E-state index in [4.69, 9.17) is 0 Å². The number of amides is 1. The second kappa shape index (κ2) is 8.55. The van der Waals surface area contributed by atoms with Crippen LogP contribution in [-0.2, 0) is 21.4 Å². The highest BCUT2D eigenvalue weighted by atomic mass is 32.2. The molecule has 2 aromatic rings. The second-order valence-electron chi connectivity index (χ2n) is 7.04. The van der Waals surface area contributed by atoms with Gasteiger partial charge in [-0.2, -0.15) is 4.31 Å². The minimum absolute atomic E-state index is 0.0593. The molecule has 3 rings (SSSR count). The Labute approximate surface area is 169 Å². The van der Waals surface area contributed by atoms with Crippen molar-refractivity contribution in [1.82, 2.24) is 9.21 Å². The molecule has 28 heavy (non-hydrogen) atoms. The van der Waals surface area contributed by atoms with Crippen molar-refractivity contribution in [2.75, 3.05) is 20.1 Å². The number of piperidine rings is 1. The van der Waals surface area contributed by atoms with E-state index in [1.165, 1.54) is 23.4 Å². The summed E-state index contributed by atoms with van der Waals surface area (Å²) in [5, 5.41) is 1.98. The summed E-state index contributed by atoms with van der Waals surface area (Å²) >= 11 is 1.61. The van der Waals surface area contributed by atoms with E-state index in [-0.39, 0.29) is 22.5 Å². The fourth-order valence-corrected chi connectivity index (χ4v) is 5.67. The molecule has 1 amide bonds. The van der Waals surface area contributed by atoms with Crippen LogP contribution in [0, 0.1) is 5.92 Å². The Morgan fingerprint density at radius 1 is 1.18 bits per heavy atom. The van der Waals surface area contributed by atoms with E-state index in [0.717, 1.165) is 4.88 Å². The summed E-state index contributed by atoms with van der Waals surface area (Å²) in [5.74, 6) is -0.279. The molecule has 1 aromatic carbocycles. The normalized spacial score (nSPS) is 16.1. The Morgan fingerprint density at radius 3 is 2.50 bits per heavy atom. The number of benzene rings is 1. The molecule has 8 heteroatoms. The molecular weight excluding hydrogens is 396 g/mol. The van der Waals surface area contributed by atoms with Gasteiger partial charge in [-0.1, -0.05) is 18.2 Å². The van der Waals surface area contributed by atoms with E-state index in [2.05, 4.69) is 0 Å². The third kappa shape index (κ3) is 4.51. The van der Waals surface area contributed by atoms with Crippen molar-refractivity contribution < 1.29 is 18.0 Å². The van der Waals surface area contributed by atoms with Gasteiger partial charge in [-0.25, -0.2) is 8.42 Å². The molecule has 0 spiro atoms. The first-order valence-corrected chi connectivity index (χ1v) is 11.5. The van der Waals surface area contributed by atoms with Gasteiger partial charge in [-0.15, -0.1) is 11.3 Å². The van der Waals surface area contributed by atoms with Crippen molar-refractivity contribution in [3.8, 4) is 0 Å². The Kier molecular flexibility index (Phi) is 6.32. The monoisotopic (exact) mass is 420 g/mol. The van der Waals surface area contributed by atoms with E-state index >= 15 is 0 Å². The van der Waals surface area contributed by atoms with Crippen LogP contribution >= 0.6 is 11.3 Å². The molecule has 0 atom stereocenters. The average molecular weight is 421 g/mol. The molecule has 0 radical (unpaired) electrons. The van der Waals surface area contributed by atoms with Gasteiger partial charge < -0.3 is 4.90 Å². The number of thiophene rings is 1. The first-order valence-electron chi connectivity index (χ1n) is 9.17. The predicted octanol–water partition coefficient (Wildman–Crippen LogP) is 3.01. The number of hydrogen-bond acceptors (Lipinski definition) is 5. The molecule has 0 bridgehead atoms. The lowest BCUT2D eigenvalue weighted by Crippen LogP contribution is -2.43. The van der Waals surface area contributed by atoms with E-state index in [0.29, 0.717) is 38.0 Å². The first-order chi connectivity index (χ1) is 13.3. The van der Waals surface area contributed by atoms with Crippen molar-refractivity contribution in [1.29, 1.82) is 0 Å². The number of carbonyl (C=O) groups excluding carboxylic acids is 2. The molecule has 1 aromatic heterocycles. The summed E-state index contributed by atoms with van der Waals surface area (Å²) in [4.78, 5) is 27.2. The van der Waals surface area contributed by atoms with Gasteiger partial charge in [-0.3, -0.25) is 9.59 Å². The lowest BCUT2D eigenvalue weighted by molar-refractivity contribution is -0.135. The lowest BCUT2D eigenvalue weighted by atomic mass is 9.96. The topological polar surface area (TPSA) is 74.8 Å². The van der Waals surface area contributed by atoms with E-state index < -0.39 is 10.0 Å². The van der Waals surface area contributed by atoms with Gasteiger partial charge in [0, 0.05) is 36.5 Å². The fraction of sp³-hybridized carbons (Fsp3) is 0.400. The van der Waals surface area contributed by atoms with Crippen molar-refractivity contribution in [2.45, 2.75) is 31.2 Å². The maximum absolute atomic E-state index is 12.9. The summed E-state index contributed by atoms with van der Waals surface area (Å²) in [6.45, 7) is 2.59. The van der Waals surface area contributed by atoms with Crippen LogP contribution in [0.4, 0.5) is 0 Å². The Bertz CT molecular complexity index is 946. The quantitative estimate of drug-likeness (QED) is 0.674. The Morgan fingerprint density at radius 2 is 1.89 bits per heavy atom. The largest absolute Gasteiger partial charge is 0.340 e. The number of sulfonamides is 1. The van der Waals surface area contributed by atoms with Crippen LogP contribution in [0.1, 0.15) is 35.0 Å². The predicted molar refractivity (Wildman–Crippen MR) is 109 cm³/mol. The highest BCUT2D eigenvalue weighted by molar-refractivity contribution is 7.89. The fourth-order valence-electron chi connectivity index (χ4n) is 3.39. The zero-order valence-electron chi connectivity index (χ0n) is 16.0. The van der Waals surface area contributed by atoms with Crippen molar-refractivity contribution in [3.05, 3.63) is 52.2 Å².